The maximum absolute atomic E-state index is 12.3. The Morgan fingerprint density at radius 3 is 2.11 bits per heavy atom. The zero-order chi connectivity index (χ0) is 14.0. The molecule has 4 heteroatoms. The average molecular weight is 267 g/mol. The lowest BCUT2D eigenvalue weighted by Gasteiger charge is -2.28. The monoisotopic (exact) mass is 267 g/mol. The van der Waals surface area contributed by atoms with Crippen molar-refractivity contribution in [2.24, 2.45) is 23.7 Å². The van der Waals surface area contributed by atoms with Gasteiger partial charge >= 0.3 is 5.97 Å². The molecule has 108 valence electrons. The third-order valence-electron chi connectivity index (χ3n) is 4.81. The van der Waals surface area contributed by atoms with E-state index in [1.165, 1.54) is 0 Å². The fraction of sp³-hybridized carbons (Fsp3) is 0.867. The van der Waals surface area contributed by atoms with Crippen molar-refractivity contribution in [3.8, 4) is 0 Å². The summed E-state index contributed by atoms with van der Waals surface area (Å²) in [6.45, 7) is 4.28. The summed E-state index contributed by atoms with van der Waals surface area (Å²) >= 11 is 0. The van der Waals surface area contributed by atoms with Crippen LogP contribution in [0.5, 0.6) is 0 Å². The first-order valence-corrected chi connectivity index (χ1v) is 7.50. The normalized spacial score (nSPS) is 38.9. The molecule has 0 heterocycles. The largest absolute Gasteiger partial charge is 0.481 e. The van der Waals surface area contributed by atoms with Crippen LogP contribution in [-0.4, -0.2) is 23.0 Å². The molecule has 0 aromatic carbocycles. The Labute approximate surface area is 115 Å². The first kappa shape index (κ1) is 14.4. The number of carboxylic acids is 1. The molecule has 3 unspecified atom stereocenters. The Bertz CT molecular complexity index is 347. The molecule has 4 nitrogen and oxygen atoms in total. The van der Waals surface area contributed by atoms with Crippen LogP contribution in [0, 0.1) is 23.7 Å². The number of hydrogen-bond donors (Lipinski definition) is 2. The van der Waals surface area contributed by atoms with Crippen molar-refractivity contribution in [1.82, 2.24) is 5.32 Å². The highest BCUT2D eigenvalue weighted by molar-refractivity contribution is 5.85. The number of aliphatic carboxylic acids is 1. The molecule has 0 saturated heterocycles. The quantitative estimate of drug-likeness (QED) is 0.825. The summed E-state index contributed by atoms with van der Waals surface area (Å²) in [5, 5.41) is 12.3. The maximum Gasteiger partial charge on any atom is 0.307 e. The minimum absolute atomic E-state index is 0.0312. The second-order valence-corrected chi connectivity index (χ2v) is 6.59. The number of carboxylic acid groups (broad SMARTS) is 1. The van der Waals surface area contributed by atoms with Crippen LogP contribution in [0.25, 0.3) is 0 Å². The third-order valence-corrected chi connectivity index (χ3v) is 4.81. The zero-order valence-corrected chi connectivity index (χ0v) is 11.9. The molecule has 0 aromatic rings. The smallest absolute Gasteiger partial charge is 0.307 e. The van der Waals surface area contributed by atoms with E-state index in [4.69, 9.17) is 0 Å². The Hall–Kier alpha value is -1.06. The molecule has 0 radical (unpaired) electrons. The fourth-order valence-corrected chi connectivity index (χ4v) is 3.57. The van der Waals surface area contributed by atoms with Crippen molar-refractivity contribution in [2.75, 3.05) is 0 Å². The minimum Gasteiger partial charge on any atom is -0.481 e. The molecule has 19 heavy (non-hydrogen) atoms. The van der Waals surface area contributed by atoms with Crippen molar-refractivity contribution in [3.05, 3.63) is 0 Å². The molecule has 0 aromatic heterocycles. The van der Waals surface area contributed by atoms with Gasteiger partial charge in [-0.1, -0.05) is 13.8 Å². The SMILES string of the molecule is CC1CCC(NC(=O)C2CC(C)CC2C(=O)O)CC1. The van der Waals surface area contributed by atoms with Crippen LogP contribution in [0.15, 0.2) is 0 Å². The van der Waals surface area contributed by atoms with Crippen LogP contribution in [0.1, 0.15) is 52.4 Å². The molecule has 1 amide bonds. The second-order valence-electron chi connectivity index (χ2n) is 6.59. The van der Waals surface area contributed by atoms with Crippen molar-refractivity contribution < 1.29 is 14.7 Å². The number of nitrogens with one attached hydrogen (secondary N) is 1. The highest BCUT2D eigenvalue weighted by Crippen LogP contribution is 2.37. The molecule has 0 aliphatic heterocycles. The molecule has 2 rings (SSSR count). The Kier molecular flexibility index (Phi) is 4.48. The van der Waals surface area contributed by atoms with E-state index < -0.39 is 11.9 Å². The van der Waals surface area contributed by atoms with E-state index >= 15 is 0 Å². The summed E-state index contributed by atoms with van der Waals surface area (Å²) in [5.41, 5.74) is 0. The van der Waals surface area contributed by atoms with Crippen molar-refractivity contribution in [1.29, 1.82) is 0 Å². The van der Waals surface area contributed by atoms with Gasteiger partial charge < -0.3 is 10.4 Å². The van der Waals surface area contributed by atoms with Crippen molar-refractivity contribution >= 4 is 11.9 Å². The van der Waals surface area contributed by atoms with E-state index in [1.54, 1.807) is 0 Å². The van der Waals surface area contributed by atoms with E-state index in [0.29, 0.717) is 18.8 Å². The van der Waals surface area contributed by atoms with Gasteiger partial charge in [-0.15, -0.1) is 0 Å². The molecule has 0 spiro atoms. The van der Waals surface area contributed by atoms with Crippen LogP contribution in [0.3, 0.4) is 0 Å². The standard InChI is InChI=1S/C15H25NO3/c1-9-3-5-11(6-4-9)16-14(17)12-7-10(2)8-13(12)15(18)19/h9-13H,3-8H2,1-2H3,(H,16,17)(H,18,19). The van der Waals surface area contributed by atoms with Gasteiger partial charge in [0.15, 0.2) is 0 Å². The predicted molar refractivity (Wildman–Crippen MR) is 72.6 cm³/mol. The molecular weight excluding hydrogens is 242 g/mol. The molecule has 2 fully saturated rings. The zero-order valence-electron chi connectivity index (χ0n) is 11.9. The maximum atomic E-state index is 12.3. The Morgan fingerprint density at radius 2 is 1.53 bits per heavy atom. The van der Waals surface area contributed by atoms with E-state index in [-0.39, 0.29) is 17.9 Å². The van der Waals surface area contributed by atoms with Gasteiger partial charge in [-0.2, -0.15) is 0 Å². The van der Waals surface area contributed by atoms with Gasteiger partial charge in [0.25, 0.3) is 0 Å². The van der Waals surface area contributed by atoms with Crippen LogP contribution < -0.4 is 5.32 Å². The van der Waals surface area contributed by atoms with E-state index in [0.717, 1.165) is 31.6 Å². The lowest BCUT2D eigenvalue weighted by Crippen LogP contribution is -2.42. The highest BCUT2D eigenvalue weighted by atomic mass is 16.4. The van der Waals surface area contributed by atoms with Gasteiger partial charge in [0.05, 0.1) is 11.8 Å². The van der Waals surface area contributed by atoms with Crippen LogP contribution >= 0.6 is 0 Å². The summed E-state index contributed by atoms with van der Waals surface area (Å²) in [7, 11) is 0. The summed E-state index contributed by atoms with van der Waals surface area (Å²) in [6, 6.07) is 0.258. The summed E-state index contributed by atoms with van der Waals surface area (Å²) in [5.74, 6) is -0.572. The second kappa shape index (κ2) is 5.93. The van der Waals surface area contributed by atoms with Gasteiger partial charge in [-0.3, -0.25) is 9.59 Å². The lowest BCUT2D eigenvalue weighted by atomic mass is 9.86. The topological polar surface area (TPSA) is 66.4 Å². The van der Waals surface area contributed by atoms with Crippen molar-refractivity contribution in [2.45, 2.75) is 58.4 Å². The van der Waals surface area contributed by atoms with E-state index in [2.05, 4.69) is 12.2 Å². The van der Waals surface area contributed by atoms with Gasteiger partial charge in [0.1, 0.15) is 0 Å². The molecule has 2 saturated carbocycles. The number of amides is 1. The Morgan fingerprint density at radius 1 is 0.947 bits per heavy atom. The third kappa shape index (κ3) is 3.48. The minimum atomic E-state index is -0.818. The van der Waals surface area contributed by atoms with Crippen LogP contribution in [0.2, 0.25) is 0 Å². The first-order chi connectivity index (χ1) is 8.97. The Balaban J connectivity index is 1.90. The highest BCUT2D eigenvalue weighted by Gasteiger charge is 2.41. The van der Waals surface area contributed by atoms with E-state index in [9.17, 15) is 14.7 Å². The average Bonchev–Trinajstić information content (AvgIpc) is 2.74. The summed E-state index contributed by atoms with van der Waals surface area (Å²) in [6.07, 6.45) is 5.74. The van der Waals surface area contributed by atoms with Crippen LogP contribution in [0.4, 0.5) is 0 Å². The molecule has 3 atom stereocenters. The van der Waals surface area contributed by atoms with Gasteiger partial charge in [-0.05, 0) is 50.4 Å². The fourth-order valence-electron chi connectivity index (χ4n) is 3.57. The van der Waals surface area contributed by atoms with Gasteiger partial charge in [0.2, 0.25) is 5.91 Å². The number of hydrogen-bond acceptors (Lipinski definition) is 2. The predicted octanol–water partition coefficient (Wildman–Crippen LogP) is 2.43. The molecule has 2 aliphatic rings. The number of carbonyl (C=O) groups excluding carboxylic acids is 1. The number of rotatable bonds is 3. The van der Waals surface area contributed by atoms with Crippen LogP contribution in [-0.2, 0) is 9.59 Å². The van der Waals surface area contributed by atoms with Crippen molar-refractivity contribution in [3.63, 3.8) is 0 Å². The molecular formula is C15H25NO3. The first-order valence-electron chi connectivity index (χ1n) is 7.50. The summed E-state index contributed by atoms with van der Waals surface area (Å²) < 4.78 is 0. The molecule has 2 aliphatic carbocycles. The summed E-state index contributed by atoms with van der Waals surface area (Å²) in [4.78, 5) is 23.5. The van der Waals surface area contributed by atoms with Gasteiger partial charge in [-0.25, -0.2) is 0 Å². The molecule has 2 N–H and O–H groups in total. The van der Waals surface area contributed by atoms with E-state index in [1.807, 2.05) is 6.92 Å². The molecule has 0 bridgehead atoms. The lowest BCUT2D eigenvalue weighted by molar-refractivity contribution is -0.146. The number of carbonyl (C=O) groups is 2. The van der Waals surface area contributed by atoms with Gasteiger partial charge in [0, 0.05) is 6.04 Å².